The number of halogens is 1. The van der Waals surface area contributed by atoms with Crippen LogP contribution in [-0.2, 0) is 12.8 Å². The second kappa shape index (κ2) is 8.45. The van der Waals surface area contributed by atoms with Gasteiger partial charge in [0.15, 0.2) is 0 Å². The Bertz CT molecular complexity index is 1150. The van der Waals surface area contributed by atoms with Crippen molar-refractivity contribution >= 4 is 10.8 Å². The average molecular weight is 381 g/mol. The van der Waals surface area contributed by atoms with E-state index in [4.69, 9.17) is 0 Å². The second-order valence-electron chi connectivity index (χ2n) is 7.47. The summed E-state index contributed by atoms with van der Waals surface area (Å²) in [6, 6.07) is 26.5. The van der Waals surface area contributed by atoms with Crippen molar-refractivity contribution in [1.29, 1.82) is 0 Å². The third kappa shape index (κ3) is 4.14. The largest absolute Gasteiger partial charge is 0.206 e. The van der Waals surface area contributed by atoms with E-state index in [1.54, 1.807) is 6.07 Å². The fourth-order valence-corrected chi connectivity index (χ4v) is 3.74. The summed E-state index contributed by atoms with van der Waals surface area (Å²) in [7, 11) is 0. The third-order valence-corrected chi connectivity index (χ3v) is 5.52. The summed E-state index contributed by atoms with van der Waals surface area (Å²) >= 11 is 0. The SMILES string of the molecule is C=CCCc1ccc(-c2ccc(-c3ccc4cc(CC)ccc4c3)c(F)c2)cc1. The van der Waals surface area contributed by atoms with E-state index in [2.05, 4.69) is 68.1 Å². The lowest BCUT2D eigenvalue weighted by atomic mass is 9.96. The van der Waals surface area contributed by atoms with Gasteiger partial charge >= 0.3 is 0 Å². The van der Waals surface area contributed by atoms with Gasteiger partial charge in [0, 0.05) is 5.56 Å². The van der Waals surface area contributed by atoms with Crippen LogP contribution >= 0.6 is 0 Å². The highest BCUT2D eigenvalue weighted by molar-refractivity contribution is 5.88. The van der Waals surface area contributed by atoms with Crippen molar-refractivity contribution in [3.8, 4) is 22.3 Å². The topological polar surface area (TPSA) is 0 Å². The molecule has 0 heterocycles. The summed E-state index contributed by atoms with van der Waals surface area (Å²) in [6.07, 6.45) is 4.90. The van der Waals surface area contributed by atoms with Crippen LogP contribution in [0.1, 0.15) is 24.5 Å². The van der Waals surface area contributed by atoms with Gasteiger partial charge in [-0.3, -0.25) is 0 Å². The molecule has 0 N–H and O–H groups in total. The van der Waals surface area contributed by atoms with E-state index in [-0.39, 0.29) is 5.82 Å². The van der Waals surface area contributed by atoms with E-state index in [0.29, 0.717) is 5.56 Å². The molecule has 144 valence electrons. The van der Waals surface area contributed by atoms with Crippen molar-refractivity contribution in [3.63, 3.8) is 0 Å². The van der Waals surface area contributed by atoms with Crippen LogP contribution in [0.2, 0.25) is 0 Å². The molecule has 0 amide bonds. The quantitative estimate of drug-likeness (QED) is 0.297. The van der Waals surface area contributed by atoms with Crippen LogP contribution in [0.25, 0.3) is 33.0 Å². The van der Waals surface area contributed by atoms with Gasteiger partial charge in [-0.05, 0) is 70.0 Å². The molecule has 0 bridgehead atoms. The summed E-state index contributed by atoms with van der Waals surface area (Å²) < 4.78 is 15.0. The minimum atomic E-state index is -0.192. The third-order valence-electron chi connectivity index (χ3n) is 5.52. The summed E-state index contributed by atoms with van der Waals surface area (Å²) in [5.74, 6) is -0.192. The molecule has 0 atom stereocenters. The van der Waals surface area contributed by atoms with E-state index in [9.17, 15) is 4.39 Å². The summed E-state index contributed by atoms with van der Waals surface area (Å²) in [5, 5.41) is 2.33. The van der Waals surface area contributed by atoms with Gasteiger partial charge in [0.05, 0.1) is 0 Å². The lowest BCUT2D eigenvalue weighted by Crippen LogP contribution is -1.88. The van der Waals surface area contributed by atoms with E-state index >= 15 is 0 Å². The highest BCUT2D eigenvalue weighted by Crippen LogP contribution is 2.30. The van der Waals surface area contributed by atoms with Crippen LogP contribution in [0, 0.1) is 5.82 Å². The molecule has 0 aliphatic heterocycles. The molecule has 4 rings (SSSR count). The van der Waals surface area contributed by atoms with Crippen molar-refractivity contribution in [2.24, 2.45) is 0 Å². The summed E-state index contributed by atoms with van der Waals surface area (Å²) in [6.45, 7) is 5.92. The van der Waals surface area contributed by atoms with Crippen LogP contribution in [0.4, 0.5) is 4.39 Å². The molecule has 4 aromatic carbocycles. The van der Waals surface area contributed by atoms with Crippen LogP contribution in [0.5, 0.6) is 0 Å². The molecule has 0 saturated heterocycles. The Hall–Kier alpha value is -3.19. The van der Waals surface area contributed by atoms with Crippen molar-refractivity contribution in [2.75, 3.05) is 0 Å². The number of hydrogen-bond acceptors (Lipinski definition) is 0. The van der Waals surface area contributed by atoms with Gasteiger partial charge in [0.25, 0.3) is 0 Å². The maximum atomic E-state index is 15.0. The van der Waals surface area contributed by atoms with Crippen LogP contribution in [-0.4, -0.2) is 0 Å². The maximum absolute atomic E-state index is 15.0. The molecule has 0 aliphatic rings. The Kier molecular flexibility index (Phi) is 5.57. The first-order valence-electron chi connectivity index (χ1n) is 10.2. The number of aryl methyl sites for hydroxylation is 2. The van der Waals surface area contributed by atoms with Crippen molar-refractivity contribution in [2.45, 2.75) is 26.2 Å². The molecule has 0 spiro atoms. The molecule has 0 nitrogen and oxygen atoms in total. The smallest absolute Gasteiger partial charge is 0.131 e. The number of rotatable bonds is 6. The van der Waals surface area contributed by atoms with E-state index in [0.717, 1.165) is 41.3 Å². The zero-order valence-corrected chi connectivity index (χ0v) is 16.8. The zero-order chi connectivity index (χ0) is 20.2. The Morgan fingerprint density at radius 1 is 0.724 bits per heavy atom. The molecule has 0 fully saturated rings. The number of hydrogen-bond donors (Lipinski definition) is 0. The van der Waals surface area contributed by atoms with Crippen molar-refractivity contribution < 1.29 is 4.39 Å². The Morgan fingerprint density at radius 2 is 1.38 bits per heavy atom. The first kappa shape index (κ1) is 19.1. The van der Waals surface area contributed by atoms with Crippen LogP contribution in [0.15, 0.2) is 91.5 Å². The van der Waals surface area contributed by atoms with Crippen molar-refractivity contribution in [1.82, 2.24) is 0 Å². The standard InChI is InChI=1S/C28H25F/c1-3-5-6-21-8-10-22(11-9-21)25-15-16-27(28(29)19-25)26-14-13-23-17-20(4-2)7-12-24(23)18-26/h3,7-19H,1,4-6H2,2H3. The Balaban J connectivity index is 1.63. The molecule has 0 unspecified atom stereocenters. The average Bonchev–Trinajstić information content (AvgIpc) is 2.77. The second-order valence-corrected chi connectivity index (χ2v) is 7.47. The first-order valence-corrected chi connectivity index (χ1v) is 10.2. The van der Waals surface area contributed by atoms with Gasteiger partial charge in [0.2, 0.25) is 0 Å². The molecule has 0 saturated carbocycles. The maximum Gasteiger partial charge on any atom is 0.131 e. The van der Waals surface area contributed by atoms with Gasteiger partial charge in [-0.2, -0.15) is 0 Å². The van der Waals surface area contributed by atoms with Gasteiger partial charge < -0.3 is 0 Å². The molecule has 29 heavy (non-hydrogen) atoms. The van der Waals surface area contributed by atoms with Gasteiger partial charge in [-0.15, -0.1) is 6.58 Å². The normalized spacial score (nSPS) is 11.0. The minimum Gasteiger partial charge on any atom is -0.206 e. The number of fused-ring (bicyclic) bond motifs is 1. The predicted molar refractivity (Wildman–Crippen MR) is 123 cm³/mol. The fraction of sp³-hybridized carbons (Fsp3) is 0.143. The Labute approximate surface area is 172 Å². The molecule has 0 radical (unpaired) electrons. The minimum absolute atomic E-state index is 0.192. The van der Waals surface area contributed by atoms with Gasteiger partial charge in [-0.1, -0.05) is 79.7 Å². The molecule has 0 aliphatic carbocycles. The van der Waals surface area contributed by atoms with E-state index < -0.39 is 0 Å². The number of benzene rings is 4. The molecular weight excluding hydrogens is 355 g/mol. The molecular formula is C28H25F. The molecule has 0 aromatic heterocycles. The first-order chi connectivity index (χ1) is 14.2. The number of allylic oxidation sites excluding steroid dienone is 1. The molecule has 4 aromatic rings. The van der Waals surface area contributed by atoms with Gasteiger partial charge in [-0.25, -0.2) is 4.39 Å². The Morgan fingerprint density at radius 3 is 2.10 bits per heavy atom. The van der Waals surface area contributed by atoms with Crippen molar-refractivity contribution in [3.05, 3.63) is 108 Å². The lowest BCUT2D eigenvalue weighted by molar-refractivity contribution is 0.632. The summed E-state index contributed by atoms with van der Waals surface area (Å²) in [4.78, 5) is 0. The highest BCUT2D eigenvalue weighted by Gasteiger charge is 2.09. The molecule has 1 heteroatoms. The monoisotopic (exact) mass is 380 g/mol. The highest BCUT2D eigenvalue weighted by atomic mass is 19.1. The van der Waals surface area contributed by atoms with Crippen LogP contribution < -0.4 is 0 Å². The van der Waals surface area contributed by atoms with Crippen LogP contribution in [0.3, 0.4) is 0 Å². The van der Waals surface area contributed by atoms with E-state index in [1.165, 1.54) is 16.5 Å². The van der Waals surface area contributed by atoms with E-state index in [1.807, 2.05) is 24.3 Å². The zero-order valence-electron chi connectivity index (χ0n) is 16.8. The van der Waals surface area contributed by atoms with Gasteiger partial charge in [0.1, 0.15) is 5.82 Å². The summed E-state index contributed by atoms with van der Waals surface area (Å²) in [5.41, 5.74) is 6.06. The predicted octanol–water partition coefficient (Wildman–Crippen LogP) is 7.99. The fourth-order valence-electron chi connectivity index (χ4n) is 3.74. The lowest BCUT2D eigenvalue weighted by Gasteiger charge is -2.09.